The smallest absolute Gasteiger partial charge is 0.305 e. The third-order valence-corrected chi connectivity index (χ3v) is 3.06. The Bertz CT molecular complexity index is 275. The number of nitrogens with one attached hydrogen (secondary N) is 1. The highest BCUT2D eigenvalue weighted by Gasteiger charge is 2.45. The molecule has 1 amide bonds. The van der Waals surface area contributed by atoms with Crippen molar-refractivity contribution in [3.05, 3.63) is 0 Å². The lowest BCUT2D eigenvalue weighted by atomic mass is 10.1. The molecule has 1 fully saturated rings. The van der Waals surface area contributed by atoms with Gasteiger partial charge < -0.3 is 15.8 Å². The van der Waals surface area contributed by atoms with Crippen LogP contribution in [0.3, 0.4) is 0 Å². The molecule has 0 saturated heterocycles. The highest BCUT2D eigenvalue weighted by Crippen LogP contribution is 2.31. The summed E-state index contributed by atoms with van der Waals surface area (Å²) in [6, 6.07) is 0. The maximum absolute atomic E-state index is 11.4. The first-order valence-electron chi connectivity index (χ1n) is 6.22. The van der Waals surface area contributed by atoms with Crippen LogP contribution in [0, 0.1) is 0 Å². The number of unbranched alkanes of at least 4 members (excludes halogenated alkanes) is 3. The summed E-state index contributed by atoms with van der Waals surface area (Å²) in [5.74, 6) is -0.177. The number of carbonyl (C=O) groups is 2. The van der Waals surface area contributed by atoms with Gasteiger partial charge in [0.05, 0.1) is 12.6 Å². The number of amides is 1. The summed E-state index contributed by atoms with van der Waals surface area (Å²) >= 11 is 0. The maximum Gasteiger partial charge on any atom is 0.305 e. The van der Waals surface area contributed by atoms with E-state index in [9.17, 15) is 9.59 Å². The molecule has 0 unspecified atom stereocenters. The fraction of sp³-hybridized carbons (Fsp3) is 0.833. The molecule has 5 nitrogen and oxygen atoms in total. The molecule has 0 bridgehead atoms. The van der Waals surface area contributed by atoms with E-state index in [0.29, 0.717) is 13.0 Å². The van der Waals surface area contributed by atoms with E-state index in [2.05, 4.69) is 10.1 Å². The van der Waals surface area contributed by atoms with Gasteiger partial charge in [0.1, 0.15) is 0 Å². The van der Waals surface area contributed by atoms with Crippen LogP contribution in [0.1, 0.15) is 44.9 Å². The number of rotatable bonds is 8. The largest absolute Gasteiger partial charge is 0.469 e. The Kier molecular flexibility index (Phi) is 5.41. The topological polar surface area (TPSA) is 81.4 Å². The summed E-state index contributed by atoms with van der Waals surface area (Å²) in [6.07, 6.45) is 5.86. The highest BCUT2D eigenvalue weighted by molar-refractivity contribution is 5.88. The maximum atomic E-state index is 11.4. The number of ether oxygens (including phenoxy) is 1. The molecule has 1 saturated carbocycles. The van der Waals surface area contributed by atoms with Gasteiger partial charge in [-0.1, -0.05) is 12.8 Å². The molecule has 98 valence electrons. The number of esters is 1. The average molecular weight is 242 g/mol. The minimum atomic E-state index is -0.565. The second kappa shape index (κ2) is 6.59. The van der Waals surface area contributed by atoms with Crippen LogP contribution in [0.15, 0.2) is 0 Å². The molecule has 0 aromatic rings. The van der Waals surface area contributed by atoms with Gasteiger partial charge in [-0.25, -0.2) is 0 Å². The Morgan fingerprint density at radius 1 is 1.24 bits per heavy atom. The van der Waals surface area contributed by atoms with Crippen molar-refractivity contribution in [2.24, 2.45) is 5.73 Å². The Hall–Kier alpha value is -1.10. The molecule has 0 heterocycles. The average Bonchev–Trinajstić information content (AvgIpc) is 3.06. The summed E-state index contributed by atoms with van der Waals surface area (Å²) in [4.78, 5) is 22.3. The number of nitrogens with two attached hydrogens (primary N) is 1. The molecule has 0 aromatic heterocycles. The van der Waals surface area contributed by atoms with Gasteiger partial charge in [0.25, 0.3) is 0 Å². The molecule has 3 N–H and O–H groups in total. The van der Waals surface area contributed by atoms with Crippen molar-refractivity contribution in [1.29, 1.82) is 0 Å². The van der Waals surface area contributed by atoms with Crippen LogP contribution in [0.2, 0.25) is 0 Å². The number of hydrogen-bond acceptors (Lipinski definition) is 4. The summed E-state index contributed by atoms with van der Waals surface area (Å²) in [6.45, 7) is 0.677. The van der Waals surface area contributed by atoms with Crippen LogP contribution >= 0.6 is 0 Å². The molecule has 0 radical (unpaired) electrons. The van der Waals surface area contributed by atoms with E-state index in [4.69, 9.17) is 5.73 Å². The standard InChI is InChI=1S/C12H22N2O3/c1-17-10(15)6-4-2-3-5-9-14-11(16)12(13)7-8-12/h2-9,13H2,1H3,(H,14,16). The SMILES string of the molecule is COC(=O)CCCCCCNC(=O)C1(N)CC1. The third-order valence-electron chi connectivity index (χ3n) is 3.06. The van der Waals surface area contributed by atoms with Crippen molar-refractivity contribution < 1.29 is 14.3 Å². The quantitative estimate of drug-likeness (QED) is 0.485. The van der Waals surface area contributed by atoms with Crippen LogP contribution in [0.5, 0.6) is 0 Å². The molecule has 0 spiro atoms. The van der Waals surface area contributed by atoms with Crippen molar-refractivity contribution in [3.63, 3.8) is 0 Å². The Morgan fingerprint density at radius 3 is 2.47 bits per heavy atom. The lowest BCUT2D eigenvalue weighted by Crippen LogP contribution is -2.42. The molecule has 1 aliphatic carbocycles. The number of carbonyl (C=O) groups excluding carboxylic acids is 2. The summed E-state index contributed by atoms with van der Waals surface area (Å²) in [5.41, 5.74) is 5.17. The van der Waals surface area contributed by atoms with Crippen molar-refractivity contribution >= 4 is 11.9 Å². The monoisotopic (exact) mass is 242 g/mol. The van der Waals surface area contributed by atoms with E-state index < -0.39 is 5.54 Å². The van der Waals surface area contributed by atoms with Gasteiger partial charge in [-0.15, -0.1) is 0 Å². The van der Waals surface area contributed by atoms with Gasteiger partial charge in [0.15, 0.2) is 0 Å². The first-order chi connectivity index (χ1) is 8.08. The zero-order chi connectivity index (χ0) is 12.7. The Labute approximate surface area is 102 Å². The van der Waals surface area contributed by atoms with Crippen molar-refractivity contribution in [3.8, 4) is 0 Å². The fourth-order valence-corrected chi connectivity index (χ4v) is 1.59. The third kappa shape index (κ3) is 5.17. The van der Waals surface area contributed by atoms with Crippen molar-refractivity contribution in [2.75, 3.05) is 13.7 Å². The van der Waals surface area contributed by atoms with Gasteiger partial charge >= 0.3 is 5.97 Å². The normalized spacial score (nSPS) is 16.4. The predicted octanol–water partition coefficient (Wildman–Crippen LogP) is 0.717. The molecule has 1 aliphatic rings. The van der Waals surface area contributed by atoms with E-state index in [0.717, 1.165) is 38.5 Å². The minimum Gasteiger partial charge on any atom is -0.469 e. The number of hydrogen-bond donors (Lipinski definition) is 2. The molecular formula is C12H22N2O3. The second-order valence-electron chi connectivity index (χ2n) is 4.65. The van der Waals surface area contributed by atoms with E-state index in [1.54, 1.807) is 0 Å². The Balaban J connectivity index is 1.88. The van der Waals surface area contributed by atoms with E-state index in [1.165, 1.54) is 7.11 Å². The minimum absolute atomic E-state index is 0.0212. The van der Waals surface area contributed by atoms with Crippen LogP contribution in [-0.2, 0) is 14.3 Å². The molecule has 0 atom stereocenters. The predicted molar refractivity (Wildman–Crippen MR) is 64.3 cm³/mol. The first kappa shape index (κ1) is 14.0. The van der Waals surface area contributed by atoms with E-state index in [-0.39, 0.29) is 11.9 Å². The highest BCUT2D eigenvalue weighted by atomic mass is 16.5. The molecule has 1 rings (SSSR count). The zero-order valence-corrected chi connectivity index (χ0v) is 10.5. The van der Waals surface area contributed by atoms with Gasteiger partial charge in [-0.2, -0.15) is 0 Å². The molecule has 17 heavy (non-hydrogen) atoms. The van der Waals surface area contributed by atoms with Crippen LogP contribution in [-0.4, -0.2) is 31.1 Å². The number of methoxy groups -OCH3 is 1. The second-order valence-corrected chi connectivity index (χ2v) is 4.65. The van der Waals surface area contributed by atoms with E-state index >= 15 is 0 Å². The molecular weight excluding hydrogens is 220 g/mol. The van der Waals surface area contributed by atoms with Gasteiger partial charge in [0, 0.05) is 13.0 Å². The van der Waals surface area contributed by atoms with Gasteiger partial charge in [-0.05, 0) is 25.7 Å². The summed E-state index contributed by atoms with van der Waals surface area (Å²) < 4.78 is 4.54. The van der Waals surface area contributed by atoms with Gasteiger partial charge in [-0.3, -0.25) is 9.59 Å². The first-order valence-corrected chi connectivity index (χ1v) is 6.22. The van der Waals surface area contributed by atoms with Gasteiger partial charge in [0.2, 0.25) is 5.91 Å². The molecule has 0 aliphatic heterocycles. The van der Waals surface area contributed by atoms with Crippen molar-refractivity contribution in [2.45, 2.75) is 50.5 Å². The molecule has 0 aromatic carbocycles. The Morgan fingerprint density at radius 2 is 1.88 bits per heavy atom. The van der Waals surface area contributed by atoms with Crippen LogP contribution in [0.4, 0.5) is 0 Å². The lowest BCUT2D eigenvalue weighted by molar-refractivity contribution is -0.140. The van der Waals surface area contributed by atoms with Crippen LogP contribution < -0.4 is 11.1 Å². The van der Waals surface area contributed by atoms with E-state index in [1.807, 2.05) is 0 Å². The summed E-state index contributed by atoms with van der Waals surface area (Å²) in [5, 5.41) is 2.84. The zero-order valence-electron chi connectivity index (χ0n) is 10.5. The van der Waals surface area contributed by atoms with Crippen LogP contribution in [0.25, 0.3) is 0 Å². The lowest BCUT2D eigenvalue weighted by Gasteiger charge is -2.09. The fourth-order valence-electron chi connectivity index (χ4n) is 1.59. The molecule has 5 heteroatoms. The summed E-state index contributed by atoms with van der Waals surface area (Å²) in [7, 11) is 1.40. The van der Waals surface area contributed by atoms with Crippen molar-refractivity contribution in [1.82, 2.24) is 5.32 Å².